The standard InChI is InChI=1S/C8H17N3O3/c1-5-14-7(13)8(2,9-3)6(12)11-10-4/h9-10H,5H2,1-4H3,(H,11,12). The van der Waals surface area contributed by atoms with Crippen LogP contribution in [0.25, 0.3) is 0 Å². The maximum absolute atomic E-state index is 11.5. The van der Waals surface area contributed by atoms with Gasteiger partial charge in [-0.25, -0.2) is 10.2 Å². The van der Waals surface area contributed by atoms with Crippen molar-refractivity contribution in [3.8, 4) is 0 Å². The first-order valence-corrected chi connectivity index (χ1v) is 4.36. The molecule has 0 fully saturated rings. The fourth-order valence-electron chi connectivity index (χ4n) is 0.822. The van der Waals surface area contributed by atoms with E-state index in [1.165, 1.54) is 14.0 Å². The van der Waals surface area contributed by atoms with E-state index in [0.717, 1.165) is 0 Å². The Kier molecular flexibility index (Phi) is 5.11. The Labute approximate surface area is 83.4 Å². The first kappa shape index (κ1) is 12.9. The van der Waals surface area contributed by atoms with Crippen LogP contribution in [0.3, 0.4) is 0 Å². The third kappa shape index (κ3) is 2.68. The summed E-state index contributed by atoms with van der Waals surface area (Å²) < 4.78 is 4.78. The molecule has 0 aromatic rings. The van der Waals surface area contributed by atoms with Gasteiger partial charge in [0.05, 0.1) is 6.61 Å². The lowest BCUT2D eigenvalue weighted by Gasteiger charge is -2.24. The van der Waals surface area contributed by atoms with Crippen molar-refractivity contribution in [3.63, 3.8) is 0 Å². The van der Waals surface area contributed by atoms with Gasteiger partial charge in [-0.1, -0.05) is 0 Å². The van der Waals surface area contributed by atoms with Crippen LogP contribution >= 0.6 is 0 Å². The number of ether oxygens (including phenoxy) is 1. The highest BCUT2D eigenvalue weighted by Gasteiger charge is 2.41. The van der Waals surface area contributed by atoms with Crippen molar-refractivity contribution < 1.29 is 14.3 Å². The topological polar surface area (TPSA) is 79.5 Å². The van der Waals surface area contributed by atoms with Crippen molar-refractivity contribution in [2.45, 2.75) is 19.4 Å². The molecule has 82 valence electrons. The second kappa shape index (κ2) is 5.56. The second-order valence-corrected chi connectivity index (χ2v) is 2.80. The molecule has 0 aliphatic carbocycles. The zero-order chi connectivity index (χ0) is 11.2. The highest BCUT2D eigenvalue weighted by molar-refractivity contribution is 6.06. The van der Waals surface area contributed by atoms with E-state index in [1.807, 2.05) is 0 Å². The third-order valence-electron chi connectivity index (χ3n) is 1.88. The van der Waals surface area contributed by atoms with Gasteiger partial charge in [-0.15, -0.1) is 0 Å². The molecule has 3 N–H and O–H groups in total. The Hall–Kier alpha value is -1.14. The van der Waals surface area contributed by atoms with Gasteiger partial charge in [0.25, 0.3) is 5.91 Å². The number of nitrogens with one attached hydrogen (secondary N) is 3. The minimum Gasteiger partial charge on any atom is -0.464 e. The van der Waals surface area contributed by atoms with Crippen LogP contribution in [0.4, 0.5) is 0 Å². The lowest BCUT2D eigenvalue weighted by atomic mass is 10.0. The van der Waals surface area contributed by atoms with Crippen molar-refractivity contribution in [3.05, 3.63) is 0 Å². The molecule has 14 heavy (non-hydrogen) atoms. The van der Waals surface area contributed by atoms with E-state index in [0.29, 0.717) is 0 Å². The van der Waals surface area contributed by atoms with E-state index >= 15 is 0 Å². The lowest BCUT2D eigenvalue weighted by Crippen LogP contribution is -2.61. The van der Waals surface area contributed by atoms with Gasteiger partial charge in [0.15, 0.2) is 5.54 Å². The molecule has 0 aliphatic heterocycles. The van der Waals surface area contributed by atoms with Crippen LogP contribution in [0.15, 0.2) is 0 Å². The van der Waals surface area contributed by atoms with Crippen molar-refractivity contribution in [1.29, 1.82) is 0 Å². The maximum atomic E-state index is 11.5. The zero-order valence-electron chi connectivity index (χ0n) is 8.93. The summed E-state index contributed by atoms with van der Waals surface area (Å²) >= 11 is 0. The molecule has 1 amide bonds. The van der Waals surface area contributed by atoms with Crippen molar-refractivity contribution in [1.82, 2.24) is 16.2 Å². The van der Waals surface area contributed by atoms with E-state index in [4.69, 9.17) is 4.74 Å². The van der Waals surface area contributed by atoms with Gasteiger partial charge in [0, 0.05) is 7.05 Å². The molecule has 0 bridgehead atoms. The van der Waals surface area contributed by atoms with Crippen LogP contribution in [-0.2, 0) is 14.3 Å². The lowest BCUT2D eigenvalue weighted by molar-refractivity contribution is -0.155. The summed E-state index contributed by atoms with van der Waals surface area (Å²) in [5, 5.41) is 2.62. The number of rotatable bonds is 5. The summed E-state index contributed by atoms with van der Waals surface area (Å²) in [6.45, 7) is 3.38. The molecule has 0 saturated carbocycles. The minimum atomic E-state index is -1.36. The normalized spacial score (nSPS) is 14.3. The van der Waals surface area contributed by atoms with Gasteiger partial charge in [-0.05, 0) is 20.9 Å². The fraction of sp³-hybridized carbons (Fsp3) is 0.750. The van der Waals surface area contributed by atoms with Crippen molar-refractivity contribution >= 4 is 11.9 Å². The largest absolute Gasteiger partial charge is 0.464 e. The van der Waals surface area contributed by atoms with Crippen LogP contribution in [0, 0.1) is 0 Å². The van der Waals surface area contributed by atoms with Crippen molar-refractivity contribution in [2.75, 3.05) is 20.7 Å². The number of hydrazine groups is 1. The Morgan fingerprint density at radius 3 is 2.29 bits per heavy atom. The zero-order valence-corrected chi connectivity index (χ0v) is 8.93. The van der Waals surface area contributed by atoms with Gasteiger partial charge in [0.1, 0.15) is 0 Å². The van der Waals surface area contributed by atoms with E-state index in [-0.39, 0.29) is 6.61 Å². The Morgan fingerprint density at radius 2 is 1.93 bits per heavy atom. The van der Waals surface area contributed by atoms with E-state index in [1.54, 1.807) is 14.0 Å². The molecule has 0 heterocycles. The molecule has 0 saturated heterocycles. The molecule has 1 atom stereocenters. The summed E-state index contributed by atoms with van der Waals surface area (Å²) in [6, 6.07) is 0. The van der Waals surface area contributed by atoms with E-state index < -0.39 is 17.4 Å². The van der Waals surface area contributed by atoms with Gasteiger partial charge in [-0.2, -0.15) is 0 Å². The van der Waals surface area contributed by atoms with Gasteiger partial charge in [-0.3, -0.25) is 15.5 Å². The molecule has 0 spiro atoms. The average molecular weight is 203 g/mol. The quantitative estimate of drug-likeness (QED) is 0.296. The van der Waals surface area contributed by atoms with E-state index in [2.05, 4.69) is 16.2 Å². The number of amides is 1. The second-order valence-electron chi connectivity index (χ2n) is 2.80. The molecular weight excluding hydrogens is 186 g/mol. The van der Waals surface area contributed by atoms with Crippen LogP contribution < -0.4 is 16.2 Å². The smallest absolute Gasteiger partial charge is 0.335 e. The van der Waals surface area contributed by atoms with Crippen LogP contribution in [0.2, 0.25) is 0 Å². The number of hydrogen-bond donors (Lipinski definition) is 3. The summed E-state index contributed by atoms with van der Waals surface area (Å²) in [5.41, 5.74) is 3.42. The fourth-order valence-corrected chi connectivity index (χ4v) is 0.822. The third-order valence-corrected chi connectivity index (χ3v) is 1.88. The van der Waals surface area contributed by atoms with Gasteiger partial charge in [0.2, 0.25) is 0 Å². The van der Waals surface area contributed by atoms with E-state index in [9.17, 15) is 9.59 Å². The van der Waals surface area contributed by atoms with Crippen LogP contribution in [-0.4, -0.2) is 38.1 Å². The summed E-state index contributed by atoms with van der Waals surface area (Å²) in [4.78, 5) is 22.9. The number of hydrogen-bond acceptors (Lipinski definition) is 5. The first-order valence-electron chi connectivity index (χ1n) is 4.36. The molecule has 6 nitrogen and oxygen atoms in total. The number of likely N-dealkylation sites (N-methyl/N-ethyl adjacent to an activating group) is 1. The van der Waals surface area contributed by atoms with Gasteiger partial charge < -0.3 is 4.74 Å². The monoisotopic (exact) mass is 203 g/mol. The SMILES string of the molecule is CCOC(=O)C(C)(NC)C(=O)NNC. The molecule has 0 radical (unpaired) electrons. The molecular formula is C8H17N3O3. The maximum Gasteiger partial charge on any atom is 0.335 e. The first-order chi connectivity index (χ1) is 6.52. The predicted molar refractivity (Wildman–Crippen MR) is 51.3 cm³/mol. The highest BCUT2D eigenvalue weighted by atomic mass is 16.5. The van der Waals surface area contributed by atoms with Gasteiger partial charge >= 0.3 is 5.97 Å². The molecule has 6 heteroatoms. The Balaban J connectivity index is 4.60. The molecule has 0 rings (SSSR count). The Bertz CT molecular complexity index is 200. The number of esters is 1. The number of carbonyl (C=O) groups excluding carboxylic acids is 2. The number of carbonyl (C=O) groups is 2. The average Bonchev–Trinajstić information content (AvgIpc) is 2.17. The predicted octanol–water partition coefficient (Wildman–Crippen LogP) is -1.22. The molecule has 0 aromatic carbocycles. The van der Waals surface area contributed by atoms with Crippen molar-refractivity contribution in [2.24, 2.45) is 0 Å². The Morgan fingerprint density at radius 1 is 1.36 bits per heavy atom. The summed E-state index contributed by atoms with van der Waals surface area (Å²) in [5.74, 6) is -1.09. The summed E-state index contributed by atoms with van der Waals surface area (Å²) in [6.07, 6.45) is 0. The van der Waals surface area contributed by atoms with Crippen LogP contribution in [0.1, 0.15) is 13.8 Å². The molecule has 0 aromatic heterocycles. The summed E-state index contributed by atoms with van der Waals surface area (Å²) in [7, 11) is 3.06. The minimum absolute atomic E-state index is 0.239. The molecule has 1 unspecified atom stereocenters. The highest BCUT2D eigenvalue weighted by Crippen LogP contribution is 2.05. The van der Waals surface area contributed by atoms with Crippen LogP contribution in [0.5, 0.6) is 0 Å². The molecule has 0 aliphatic rings.